The van der Waals surface area contributed by atoms with Crippen LogP contribution in [0.3, 0.4) is 0 Å². The van der Waals surface area contributed by atoms with Gasteiger partial charge < -0.3 is 28.8 Å². The van der Waals surface area contributed by atoms with Crippen LogP contribution >= 0.6 is 0 Å². The first-order chi connectivity index (χ1) is 59.8. The molecule has 5 aromatic carbocycles. The predicted octanol–water partition coefficient (Wildman–Crippen LogP) is 33.8. The van der Waals surface area contributed by atoms with Crippen LogP contribution in [-0.2, 0) is 78.5 Å². The van der Waals surface area contributed by atoms with Crippen LogP contribution < -0.4 is 0 Å². The second-order valence-electron chi connectivity index (χ2n) is 41.6. The van der Waals surface area contributed by atoms with Gasteiger partial charge in [0.2, 0.25) is 0 Å². The first-order valence-electron chi connectivity index (χ1n) is 49.3. The van der Waals surface area contributed by atoms with Crippen molar-refractivity contribution in [3.8, 4) is 11.1 Å². The van der Waals surface area contributed by atoms with Crippen LogP contribution in [0.25, 0.3) is 11.1 Å². The van der Waals surface area contributed by atoms with E-state index in [2.05, 4.69) is 278 Å². The van der Waals surface area contributed by atoms with E-state index < -0.39 is 8.07 Å². The molecule has 0 spiro atoms. The Morgan fingerprint density at radius 1 is 0.377 bits per heavy atom. The lowest BCUT2D eigenvalue weighted by atomic mass is 9.98. The smallest absolute Gasteiger partial charge is 0.308 e. The number of aliphatic hydroxyl groups excluding tert-OH is 1. The van der Waals surface area contributed by atoms with Crippen LogP contribution in [0, 0.1) is 101 Å². The average Bonchev–Trinajstić information content (AvgIpc) is 1.62. The number of Topliss-reactive ketones (excluding diaryl/α,β-unsaturated/α-hetero) is 1. The molecule has 6 rings (SSSR count). The van der Waals surface area contributed by atoms with Crippen molar-refractivity contribution < 1.29 is 57.6 Å². The minimum Gasteiger partial charge on any atom is -0.465 e. The van der Waals surface area contributed by atoms with E-state index in [9.17, 15) is 28.8 Å². The van der Waals surface area contributed by atoms with E-state index in [1.807, 2.05) is 144 Å². The largest absolute Gasteiger partial charge is 0.465 e. The molecule has 0 fully saturated rings. The van der Waals surface area contributed by atoms with Crippen LogP contribution in [0.5, 0.6) is 0 Å². The molecule has 0 bridgehead atoms. The summed E-state index contributed by atoms with van der Waals surface area (Å²) in [6.45, 7) is 98.0. The summed E-state index contributed by atoms with van der Waals surface area (Å²) in [4.78, 5) is 65.4. The van der Waals surface area contributed by atoms with Crippen molar-refractivity contribution in [1.82, 2.24) is 0 Å². The molecule has 12 nitrogen and oxygen atoms in total. The Labute approximate surface area is 806 Å². The fourth-order valence-corrected chi connectivity index (χ4v) is 12.9. The Hall–Kier alpha value is -7.22. The Morgan fingerprint density at radius 3 is 1.00 bits per heavy atom. The number of ether oxygens (including phenoxy) is 5. The highest BCUT2D eigenvalue weighted by Crippen LogP contribution is 2.44. The number of rotatable bonds is 32. The number of hydrogen-bond donors (Lipinski definition) is 1. The first-order valence-corrected chi connectivity index (χ1v) is 52.6. The van der Waals surface area contributed by atoms with Crippen molar-refractivity contribution in [3.05, 3.63) is 192 Å². The van der Waals surface area contributed by atoms with Gasteiger partial charge in [0.1, 0.15) is 25.6 Å². The molecule has 1 aliphatic carbocycles. The van der Waals surface area contributed by atoms with Gasteiger partial charge in [-0.25, -0.2) is 0 Å². The molecule has 0 unspecified atom stereocenters. The SMILES string of the molecule is C.C=CCC(C)C.C=CCOC(=O)C(C)C.CC(=O)C(C)C.CC(C)C.CC(C)C.CC(C)C(=O)OCC1c2ccccc2-c2ccccc21.CC(C)C(=O)OCc1ccccc1.CC(C)CC(C)C.CC(C)CCCCOC(=O)C(C)C.CC(C)COC(=O)C(C)C.CC(C)C[Si](C)(C)C(C)C.CC(C)Cc1ccc(CO)cc1.CC(C)Cc1ccccc1.CCC(C)C. The zero-order valence-electron chi connectivity index (χ0n) is 91.3. The van der Waals surface area contributed by atoms with Gasteiger partial charge in [0, 0.05) is 11.8 Å². The van der Waals surface area contributed by atoms with E-state index in [0.717, 1.165) is 95.6 Å². The van der Waals surface area contributed by atoms with Crippen LogP contribution in [0.4, 0.5) is 0 Å². The molecule has 13 heteroatoms. The number of carbonyl (C=O) groups is 6. The molecule has 0 heterocycles. The van der Waals surface area contributed by atoms with Gasteiger partial charge in [-0.1, -0.05) is 467 Å². The van der Waals surface area contributed by atoms with Crippen LogP contribution in [0.2, 0.25) is 24.7 Å². The normalized spacial score (nSPS) is 10.7. The minimum atomic E-state index is -0.844. The Morgan fingerprint density at radius 2 is 0.715 bits per heavy atom. The van der Waals surface area contributed by atoms with E-state index in [4.69, 9.17) is 28.8 Å². The topological polar surface area (TPSA) is 169 Å². The maximum Gasteiger partial charge on any atom is 0.308 e. The third-order valence-electron chi connectivity index (χ3n) is 18.3. The summed E-state index contributed by atoms with van der Waals surface area (Å²) in [6, 6.07) is 46.6. The number of ketones is 1. The van der Waals surface area contributed by atoms with E-state index in [0.29, 0.717) is 44.9 Å². The molecule has 5 aromatic rings. The van der Waals surface area contributed by atoms with Gasteiger partial charge in [0.15, 0.2) is 0 Å². The highest BCUT2D eigenvalue weighted by Gasteiger charge is 2.30. The maximum atomic E-state index is 11.7. The lowest BCUT2D eigenvalue weighted by molar-refractivity contribution is -0.149. The monoisotopic (exact) mass is 1830 g/mol. The van der Waals surface area contributed by atoms with E-state index in [-0.39, 0.29) is 91.1 Å². The summed E-state index contributed by atoms with van der Waals surface area (Å²) in [7, 11) is -0.844. The van der Waals surface area contributed by atoms with Gasteiger partial charge in [0.05, 0.1) is 57.5 Å². The van der Waals surface area contributed by atoms with Crippen molar-refractivity contribution in [1.29, 1.82) is 0 Å². The predicted molar refractivity (Wildman–Crippen MR) is 572 cm³/mol. The van der Waals surface area contributed by atoms with Crippen molar-refractivity contribution >= 4 is 43.7 Å². The summed E-state index contributed by atoms with van der Waals surface area (Å²) in [5.74, 6) is 8.45. The molecule has 1 aliphatic rings. The van der Waals surface area contributed by atoms with Crippen molar-refractivity contribution in [2.75, 3.05) is 26.4 Å². The minimum absolute atomic E-state index is 0. The molecular formula is C117H208O12Si. The second-order valence-corrected chi connectivity index (χ2v) is 47.1. The van der Waals surface area contributed by atoms with Crippen LogP contribution in [0.15, 0.2) is 159 Å². The first kappa shape index (κ1) is 141. The molecule has 130 heavy (non-hydrogen) atoms. The lowest BCUT2D eigenvalue weighted by Crippen LogP contribution is -2.30. The number of aliphatic hydroxyl groups is 1. The van der Waals surface area contributed by atoms with Crippen molar-refractivity contribution in [2.24, 2.45) is 101 Å². The van der Waals surface area contributed by atoms with Gasteiger partial charge >= 0.3 is 29.8 Å². The fraction of sp³-hybridized carbons (Fsp3) is 0.658. The number of unbranched alkanes of at least 4 members (excludes halogenated alkanes) is 1. The molecule has 0 radical (unpaired) electrons. The van der Waals surface area contributed by atoms with Gasteiger partial charge in [-0.3, -0.25) is 28.8 Å². The molecule has 0 saturated heterocycles. The quantitative estimate of drug-likeness (QED) is 0.0142. The van der Waals surface area contributed by atoms with Gasteiger partial charge in [-0.05, 0) is 155 Å². The Kier molecular flexibility index (Phi) is 95.6. The summed E-state index contributed by atoms with van der Waals surface area (Å²) in [6.07, 6.45) is 13.0. The maximum absolute atomic E-state index is 11.7. The Bertz CT molecular complexity index is 3380. The second kappa shape index (κ2) is 88.4. The molecule has 0 saturated carbocycles. The van der Waals surface area contributed by atoms with E-state index in [1.165, 1.54) is 65.1 Å². The highest BCUT2D eigenvalue weighted by atomic mass is 28.3. The van der Waals surface area contributed by atoms with Crippen molar-refractivity contribution in [3.63, 3.8) is 0 Å². The van der Waals surface area contributed by atoms with Gasteiger partial charge in [-0.15, -0.1) is 6.58 Å². The van der Waals surface area contributed by atoms with E-state index in [1.54, 1.807) is 26.8 Å². The van der Waals surface area contributed by atoms with E-state index >= 15 is 0 Å². The molecule has 1 N–H and O–H groups in total. The number of esters is 5. The zero-order valence-corrected chi connectivity index (χ0v) is 92.3. The molecule has 0 atom stereocenters. The van der Waals surface area contributed by atoms with Crippen molar-refractivity contribution in [2.45, 2.75) is 380 Å². The standard InChI is InChI=1S/C18H18O2.C11H14O2.C11H22O2.C11H16O.C10H14.C9H22Si.C8H16O2.C7H12O2.C7H16.C6H12.C5H10O.C5H12.2C4H10.CH4/c1-12(2)18(19)20-11-17-15-9-5-3-7-13(15)14-8-4-6-10-16(14)17;1-9(2)11(12)13-8-10-6-4-3-5-7-10;1-9(2)7-5-6-8-13-11(12)10(3)4;1-9(2)7-10-3-5-11(8-12)6-4-10;1-9(2)8-10-6-4-3-5-7-10;1-8(2)7-10(5,6)9(3)4;1-6(2)5-10-8(9)7(3)4;1-4-5-9-7(8)6(2)3;1-6(2)5-7(3)4;1-4-5-6(2)3;1-4(2)5(3)6;1-4-5(2)3;2*1-4(2)3;/h3-10,12,17H,11H2,1-2H3;3-7,9H,8H2,1-2H3;9-10H,5-8H2,1-4H3;3-6,9,12H,7-8H2,1-2H3;3-7,9H,8H2,1-2H3;8-9H,7H2,1-6H3;6-7H,5H2,1-4H3;4,6H,1,5H2,2-3H3;6-7H,5H2,1-4H3;4,6H,1,5H2,2-3H3;4H,1-3H3;5H,4H2,1-3H3;2*4H,1-3H3;1H4. The number of allylic oxidation sites excluding steroid dienone is 1. The number of fused-ring (bicyclic) bond motifs is 3. The molecule has 0 aliphatic heterocycles. The number of hydrogen-bond acceptors (Lipinski definition) is 12. The molecule has 0 amide bonds. The average molecular weight is 1840 g/mol. The highest BCUT2D eigenvalue weighted by molar-refractivity contribution is 6.78. The van der Waals surface area contributed by atoms with Crippen LogP contribution in [0.1, 0.15) is 362 Å². The molecular weight excluding hydrogens is 1630 g/mol. The number of carbonyl (C=O) groups excluding carboxylic acids is 6. The lowest BCUT2D eigenvalue weighted by Gasteiger charge is -2.28. The van der Waals surface area contributed by atoms with Gasteiger partial charge in [-0.2, -0.15) is 0 Å². The third-order valence-corrected chi connectivity index (χ3v) is 23.3. The van der Waals surface area contributed by atoms with Gasteiger partial charge in [0.25, 0.3) is 0 Å². The summed E-state index contributed by atoms with van der Waals surface area (Å²) < 4.78 is 25.2. The fourth-order valence-electron chi connectivity index (χ4n) is 10.3. The molecule has 752 valence electrons. The summed E-state index contributed by atoms with van der Waals surface area (Å²) >= 11 is 0. The molecule has 0 aromatic heterocycles. The zero-order chi connectivity index (χ0) is 102. The third kappa shape index (κ3) is 96.8. The number of benzene rings is 5. The van der Waals surface area contributed by atoms with Crippen LogP contribution in [-0.4, -0.2) is 75.2 Å². The summed E-state index contributed by atoms with van der Waals surface area (Å²) in [5, 5.41) is 8.81. The Balaban J connectivity index is -0.000000177. The summed E-state index contributed by atoms with van der Waals surface area (Å²) in [5.41, 5.74) is 10.8.